The molecule has 0 aliphatic heterocycles. The van der Waals surface area contributed by atoms with Gasteiger partial charge in [0.15, 0.2) is 0 Å². The maximum atomic E-state index is 11.0. The molecule has 0 aromatic heterocycles. The van der Waals surface area contributed by atoms with Crippen molar-refractivity contribution in [2.75, 3.05) is 5.73 Å². The summed E-state index contributed by atoms with van der Waals surface area (Å²) in [6, 6.07) is 6.77. The zero-order valence-electron chi connectivity index (χ0n) is 7.62. The Balaban J connectivity index is 2.54. The molecule has 1 rings (SSSR count). The van der Waals surface area contributed by atoms with Crippen molar-refractivity contribution in [2.45, 2.75) is 19.8 Å². The fraction of sp³-hybridized carbons (Fsp3) is 0.300. The summed E-state index contributed by atoms with van der Waals surface area (Å²) in [6.45, 7) is 1.93. The third-order valence-corrected chi connectivity index (χ3v) is 1.57. The molecule has 2 N–H and O–H groups in total. The summed E-state index contributed by atoms with van der Waals surface area (Å²) in [7, 11) is 0. The molecule has 1 aromatic carbocycles. The molecule has 3 heteroatoms. The standard InChI is InChI=1S/C10H13NO2/c1-2-3-10(12)13-9-6-4-8(11)5-7-9/h4-7H,2-3,11H2,1H3. The number of carbonyl (C=O) groups is 1. The van der Waals surface area contributed by atoms with Crippen LogP contribution in [0, 0.1) is 0 Å². The third kappa shape index (κ3) is 3.15. The number of benzene rings is 1. The Labute approximate surface area is 77.5 Å². The minimum atomic E-state index is -0.202. The number of anilines is 1. The molecule has 1 aromatic rings. The van der Waals surface area contributed by atoms with Gasteiger partial charge in [-0.3, -0.25) is 4.79 Å². The number of nitrogens with two attached hydrogens (primary N) is 1. The molecular formula is C10H13NO2. The number of hydrogen-bond donors (Lipinski definition) is 1. The van der Waals surface area contributed by atoms with Gasteiger partial charge in [-0.25, -0.2) is 0 Å². The first-order valence-corrected chi connectivity index (χ1v) is 4.28. The van der Waals surface area contributed by atoms with Gasteiger partial charge in [-0.05, 0) is 30.7 Å². The Morgan fingerprint density at radius 2 is 2.00 bits per heavy atom. The summed E-state index contributed by atoms with van der Waals surface area (Å²) < 4.78 is 5.02. The van der Waals surface area contributed by atoms with Gasteiger partial charge in [-0.15, -0.1) is 0 Å². The lowest BCUT2D eigenvalue weighted by Gasteiger charge is -2.02. The van der Waals surface area contributed by atoms with Crippen molar-refractivity contribution in [3.63, 3.8) is 0 Å². The van der Waals surface area contributed by atoms with Gasteiger partial charge in [0, 0.05) is 12.1 Å². The van der Waals surface area contributed by atoms with Crippen LogP contribution in [0.2, 0.25) is 0 Å². The minimum Gasteiger partial charge on any atom is -0.427 e. The Morgan fingerprint density at radius 1 is 1.38 bits per heavy atom. The molecule has 0 spiro atoms. The molecule has 0 fully saturated rings. The molecule has 0 radical (unpaired) electrons. The van der Waals surface area contributed by atoms with Gasteiger partial charge in [0.1, 0.15) is 5.75 Å². The second kappa shape index (κ2) is 4.50. The van der Waals surface area contributed by atoms with Gasteiger partial charge in [0.2, 0.25) is 0 Å². The van der Waals surface area contributed by atoms with Crippen molar-refractivity contribution >= 4 is 11.7 Å². The highest BCUT2D eigenvalue weighted by Crippen LogP contribution is 2.13. The van der Waals surface area contributed by atoms with Crippen molar-refractivity contribution in [3.8, 4) is 5.75 Å². The number of nitrogen functional groups attached to an aromatic ring is 1. The van der Waals surface area contributed by atoms with Gasteiger partial charge in [0.05, 0.1) is 0 Å². The van der Waals surface area contributed by atoms with Crippen molar-refractivity contribution in [1.29, 1.82) is 0 Å². The molecule has 70 valence electrons. The van der Waals surface area contributed by atoms with Crippen molar-refractivity contribution < 1.29 is 9.53 Å². The molecule has 0 saturated heterocycles. The van der Waals surface area contributed by atoms with Gasteiger partial charge in [-0.2, -0.15) is 0 Å². The fourth-order valence-corrected chi connectivity index (χ4v) is 0.922. The highest BCUT2D eigenvalue weighted by Gasteiger charge is 2.01. The quantitative estimate of drug-likeness (QED) is 0.438. The van der Waals surface area contributed by atoms with Crippen LogP contribution in [0.15, 0.2) is 24.3 Å². The van der Waals surface area contributed by atoms with Crippen LogP contribution in [0.25, 0.3) is 0 Å². The topological polar surface area (TPSA) is 52.3 Å². The Hall–Kier alpha value is -1.51. The van der Waals surface area contributed by atoms with Crippen LogP contribution in [0.4, 0.5) is 5.69 Å². The second-order valence-corrected chi connectivity index (χ2v) is 2.79. The monoisotopic (exact) mass is 179 g/mol. The molecule has 0 aliphatic rings. The molecule has 0 bridgehead atoms. The average Bonchev–Trinajstić information content (AvgIpc) is 2.09. The van der Waals surface area contributed by atoms with Crippen LogP contribution in [0.5, 0.6) is 5.75 Å². The van der Waals surface area contributed by atoms with E-state index in [9.17, 15) is 4.79 Å². The zero-order valence-corrected chi connectivity index (χ0v) is 7.62. The predicted octanol–water partition coefficient (Wildman–Crippen LogP) is 1.97. The summed E-state index contributed by atoms with van der Waals surface area (Å²) in [5.74, 6) is 0.347. The van der Waals surface area contributed by atoms with Crippen LogP contribution in [0.3, 0.4) is 0 Å². The van der Waals surface area contributed by atoms with E-state index in [0.29, 0.717) is 17.9 Å². The lowest BCUT2D eigenvalue weighted by molar-refractivity contribution is -0.134. The lowest BCUT2D eigenvalue weighted by Crippen LogP contribution is -2.06. The number of carbonyl (C=O) groups excluding carboxylic acids is 1. The summed E-state index contributed by atoms with van der Waals surface area (Å²) in [4.78, 5) is 11.0. The Morgan fingerprint density at radius 3 is 2.54 bits per heavy atom. The lowest BCUT2D eigenvalue weighted by atomic mass is 10.3. The van der Waals surface area contributed by atoms with E-state index in [4.69, 9.17) is 10.5 Å². The van der Waals surface area contributed by atoms with Crippen molar-refractivity contribution in [3.05, 3.63) is 24.3 Å². The molecule has 0 heterocycles. The van der Waals surface area contributed by atoms with Crippen LogP contribution in [-0.4, -0.2) is 5.97 Å². The maximum absolute atomic E-state index is 11.0. The third-order valence-electron chi connectivity index (χ3n) is 1.57. The summed E-state index contributed by atoms with van der Waals surface area (Å²) in [5, 5.41) is 0. The van der Waals surface area contributed by atoms with Crippen LogP contribution >= 0.6 is 0 Å². The summed E-state index contributed by atoms with van der Waals surface area (Å²) in [6.07, 6.45) is 1.25. The normalized spacial score (nSPS) is 9.62. The van der Waals surface area contributed by atoms with Crippen LogP contribution in [0.1, 0.15) is 19.8 Å². The van der Waals surface area contributed by atoms with E-state index >= 15 is 0 Å². The van der Waals surface area contributed by atoms with E-state index in [1.807, 2.05) is 6.92 Å². The highest BCUT2D eigenvalue weighted by molar-refractivity contribution is 5.72. The number of rotatable bonds is 3. The molecule has 3 nitrogen and oxygen atoms in total. The van der Waals surface area contributed by atoms with E-state index in [0.717, 1.165) is 6.42 Å². The van der Waals surface area contributed by atoms with Crippen molar-refractivity contribution in [1.82, 2.24) is 0 Å². The van der Waals surface area contributed by atoms with Gasteiger partial charge in [-0.1, -0.05) is 6.92 Å². The molecule has 0 atom stereocenters. The summed E-state index contributed by atoms with van der Waals surface area (Å²) in [5.41, 5.74) is 6.14. The van der Waals surface area contributed by atoms with Gasteiger partial charge in [0.25, 0.3) is 0 Å². The van der Waals surface area contributed by atoms with E-state index in [1.54, 1.807) is 24.3 Å². The largest absolute Gasteiger partial charge is 0.427 e. The minimum absolute atomic E-state index is 0.202. The van der Waals surface area contributed by atoms with E-state index in [-0.39, 0.29) is 5.97 Å². The molecule has 0 saturated carbocycles. The number of hydrogen-bond acceptors (Lipinski definition) is 3. The van der Waals surface area contributed by atoms with Gasteiger partial charge < -0.3 is 10.5 Å². The molecule has 0 unspecified atom stereocenters. The fourth-order valence-electron chi connectivity index (χ4n) is 0.922. The first-order chi connectivity index (χ1) is 6.22. The average molecular weight is 179 g/mol. The zero-order chi connectivity index (χ0) is 9.68. The first-order valence-electron chi connectivity index (χ1n) is 4.28. The molecule has 0 aliphatic carbocycles. The van der Waals surface area contributed by atoms with Crippen LogP contribution in [-0.2, 0) is 4.79 Å². The first kappa shape index (κ1) is 9.58. The number of ether oxygens (including phenoxy) is 1. The molecule has 13 heavy (non-hydrogen) atoms. The highest BCUT2D eigenvalue weighted by atomic mass is 16.5. The predicted molar refractivity (Wildman–Crippen MR) is 51.4 cm³/mol. The SMILES string of the molecule is CCCC(=O)Oc1ccc(N)cc1. The summed E-state index contributed by atoms with van der Waals surface area (Å²) >= 11 is 0. The van der Waals surface area contributed by atoms with Crippen molar-refractivity contribution in [2.24, 2.45) is 0 Å². The smallest absolute Gasteiger partial charge is 0.311 e. The second-order valence-electron chi connectivity index (χ2n) is 2.79. The van der Waals surface area contributed by atoms with E-state index in [2.05, 4.69) is 0 Å². The van der Waals surface area contributed by atoms with E-state index in [1.165, 1.54) is 0 Å². The molecular weight excluding hydrogens is 166 g/mol. The molecule has 0 amide bonds. The number of esters is 1. The Bertz CT molecular complexity index is 279. The van der Waals surface area contributed by atoms with E-state index < -0.39 is 0 Å². The Kier molecular flexibility index (Phi) is 3.31. The van der Waals surface area contributed by atoms with Gasteiger partial charge >= 0.3 is 5.97 Å². The maximum Gasteiger partial charge on any atom is 0.311 e. The van der Waals surface area contributed by atoms with Crippen LogP contribution < -0.4 is 10.5 Å².